The molecule has 5 nitrogen and oxygen atoms in total. The Morgan fingerprint density at radius 2 is 2.23 bits per heavy atom. The first kappa shape index (κ1) is 16.2. The Labute approximate surface area is 131 Å². The van der Waals surface area contributed by atoms with Crippen LogP contribution in [0.25, 0.3) is 11.1 Å². The zero-order chi connectivity index (χ0) is 15.8. The second-order valence-corrected chi connectivity index (χ2v) is 5.30. The highest BCUT2D eigenvalue weighted by Crippen LogP contribution is 2.20. The average molecular weight is 301 g/mol. The predicted molar refractivity (Wildman–Crippen MR) is 86.5 cm³/mol. The van der Waals surface area contributed by atoms with Gasteiger partial charge in [0.1, 0.15) is 0 Å². The maximum atomic E-state index is 11.5. The van der Waals surface area contributed by atoms with Crippen LogP contribution in [0.5, 0.6) is 0 Å². The fourth-order valence-electron chi connectivity index (χ4n) is 2.28. The van der Waals surface area contributed by atoms with E-state index in [1.54, 1.807) is 11.8 Å². The summed E-state index contributed by atoms with van der Waals surface area (Å²) in [6.07, 6.45) is 6.17. The van der Waals surface area contributed by atoms with Gasteiger partial charge in [-0.25, -0.2) is 0 Å². The first-order valence-corrected chi connectivity index (χ1v) is 7.52. The number of aromatic nitrogens is 2. The van der Waals surface area contributed by atoms with Gasteiger partial charge in [0.2, 0.25) is 5.91 Å². The number of rotatable bonds is 8. The number of benzene rings is 1. The Hall–Kier alpha value is -2.14. The van der Waals surface area contributed by atoms with Gasteiger partial charge in [-0.2, -0.15) is 5.10 Å². The Balaban J connectivity index is 1.80. The first-order valence-electron chi connectivity index (χ1n) is 7.52. The molecule has 5 heteroatoms. The lowest BCUT2D eigenvalue weighted by molar-refractivity contribution is -0.121. The van der Waals surface area contributed by atoms with Gasteiger partial charge in [0.15, 0.2) is 0 Å². The molecule has 0 aliphatic heterocycles. The highest BCUT2D eigenvalue weighted by Gasteiger charge is 2.03. The predicted octanol–water partition coefficient (Wildman–Crippen LogP) is 2.17. The summed E-state index contributed by atoms with van der Waals surface area (Å²) in [5.74, 6) is 0.0472. The summed E-state index contributed by atoms with van der Waals surface area (Å²) in [7, 11) is 3.52. The Morgan fingerprint density at radius 1 is 1.36 bits per heavy atom. The number of aryl methyl sites for hydroxylation is 2. The van der Waals surface area contributed by atoms with E-state index in [2.05, 4.69) is 34.7 Å². The van der Waals surface area contributed by atoms with Crippen LogP contribution in [0.2, 0.25) is 0 Å². The largest absolute Gasteiger partial charge is 0.384 e. The maximum Gasteiger partial charge on any atom is 0.222 e. The van der Waals surface area contributed by atoms with Gasteiger partial charge in [-0.3, -0.25) is 9.48 Å². The van der Waals surface area contributed by atoms with Crippen molar-refractivity contribution < 1.29 is 9.53 Å². The fraction of sp³-hybridized carbons (Fsp3) is 0.412. The quantitative estimate of drug-likeness (QED) is 0.760. The summed E-state index contributed by atoms with van der Waals surface area (Å²) >= 11 is 0. The minimum atomic E-state index is 0.0472. The lowest BCUT2D eigenvalue weighted by Gasteiger charge is -2.06. The molecule has 2 rings (SSSR count). The molecule has 0 aliphatic rings. The third kappa shape index (κ3) is 5.00. The van der Waals surface area contributed by atoms with E-state index in [9.17, 15) is 4.79 Å². The number of nitrogens with zero attached hydrogens (tertiary/aromatic N) is 2. The van der Waals surface area contributed by atoms with Gasteiger partial charge in [0.05, 0.1) is 12.8 Å². The van der Waals surface area contributed by atoms with E-state index in [4.69, 9.17) is 4.74 Å². The van der Waals surface area contributed by atoms with Crippen molar-refractivity contribution in [3.63, 3.8) is 0 Å². The van der Waals surface area contributed by atoms with Crippen molar-refractivity contribution in [2.24, 2.45) is 7.05 Å². The van der Waals surface area contributed by atoms with E-state index in [0.717, 1.165) is 18.4 Å². The van der Waals surface area contributed by atoms with Crippen molar-refractivity contribution in [2.45, 2.75) is 19.3 Å². The summed E-state index contributed by atoms with van der Waals surface area (Å²) in [5.41, 5.74) is 3.57. The molecular formula is C17H23N3O2. The molecule has 0 saturated heterocycles. The number of nitrogens with one attached hydrogen (secondary N) is 1. The van der Waals surface area contributed by atoms with Gasteiger partial charge in [0, 0.05) is 38.9 Å². The molecule has 0 fully saturated rings. The minimum Gasteiger partial charge on any atom is -0.384 e. The maximum absolute atomic E-state index is 11.5. The molecule has 0 bridgehead atoms. The molecule has 0 aliphatic carbocycles. The summed E-state index contributed by atoms with van der Waals surface area (Å²) in [4.78, 5) is 11.5. The molecule has 118 valence electrons. The van der Waals surface area contributed by atoms with Gasteiger partial charge in [-0.1, -0.05) is 24.3 Å². The SMILES string of the molecule is COCCC(=O)NCCCc1cccc(-c2cnn(C)c2)c1. The summed E-state index contributed by atoms with van der Waals surface area (Å²) in [5, 5.41) is 7.11. The van der Waals surface area contributed by atoms with Crippen LogP contribution in [0, 0.1) is 0 Å². The molecule has 0 saturated carbocycles. The molecule has 2 aromatic rings. The van der Waals surface area contributed by atoms with Crippen LogP contribution in [-0.4, -0.2) is 35.9 Å². The molecule has 0 radical (unpaired) electrons. The number of carbonyl (C=O) groups is 1. The number of ether oxygens (including phenoxy) is 1. The van der Waals surface area contributed by atoms with Crippen LogP contribution in [-0.2, 0) is 23.0 Å². The van der Waals surface area contributed by atoms with Gasteiger partial charge < -0.3 is 10.1 Å². The van der Waals surface area contributed by atoms with E-state index >= 15 is 0 Å². The molecule has 0 spiro atoms. The first-order chi connectivity index (χ1) is 10.7. The highest BCUT2D eigenvalue weighted by molar-refractivity contribution is 5.75. The van der Waals surface area contributed by atoms with Crippen LogP contribution in [0.15, 0.2) is 36.7 Å². The fourth-order valence-corrected chi connectivity index (χ4v) is 2.28. The lowest BCUT2D eigenvalue weighted by atomic mass is 10.0. The smallest absolute Gasteiger partial charge is 0.222 e. The Bertz CT molecular complexity index is 607. The molecule has 1 aromatic carbocycles. The van der Waals surface area contributed by atoms with Crippen molar-refractivity contribution in [1.29, 1.82) is 0 Å². The zero-order valence-electron chi connectivity index (χ0n) is 13.2. The molecule has 1 aromatic heterocycles. The summed E-state index contributed by atoms with van der Waals surface area (Å²) in [6, 6.07) is 8.46. The van der Waals surface area contributed by atoms with Gasteiger partial charge in [0.25, 0.3) is 0 Å². The molecular weight excluding hydrogens is 278 g/mol. The number of amides is 1. The molecule has 0 unspecified atom stereocenters. The van der Waals surface area contributed by atoms with Crippen molar-refractivity contribution >= 4 is 5.91 Å². The highest BCUT2D eigenvalue weighted by atomic mass is 16.5. The van der Waals surface area contributed by atoms with Crippen LogP contribution in [0.1, 0.15) is 18.4 Å². The summed E-state index contributed by atoms with van der Waals surface area (Å²) in [6.45, 7) is 1.17. The number of carbonyl (C=O) groups excluding carboxylic acids is 1. The van der Waals surface area contributed by atoms with Crippen LogP contribution in [0.3, 0.4) is 0 Å². The topological polar surface area (TPSA) is 56.1 Å². The van der Waals surface area contributed by atoms with E-state index in [1.807, 2.05) is 19.4 Å². The normalized spacial score (nSPS) is 10.6. The van der Waals surface area contributed by atoms with E-state index in [0.29, 0.717) is 19.6 Å². The number of methoxy groups -OCH3 is 1. The van der Waals surface area contributed by atoms with Crippen LogP contribution < -0.4 is 5.32 Å². The standard InChI is InChI=1S/C17H23N3O2/c1-20-13-16(12-19-20)15-7-3-5-14(11-15)6-4-9-18-17(21)8-10-22-2/h3,5,7,11-13H,4,6,8-10H2,1-2H3,(H,18,21). The Morgan fingerprint density at radius 3 is 2.95 bits per heavy atom. The van der Waals surface area contributed by atoms with Gasteiger partial charge >= 0.3 is 0 Å². The lowest BCUT2D eigenvalue weighted by Crippen LogP contribution is -2.25. The van der Waals surface area contributed by atoms with Crippen molar-refractivity contribution in [3.8, 4) is 11.1 Å². The third-order valence-corrected chi connectivity index (χ3v) is 3.46. The number of hydrogen-bond donors (Lipinski definition) is 1. The van der Waals surface area contributed by atoms with Crippen molar-refractivity contribution in [2.75, 3.05) is 20.3 Å². The third-order valence-electron chi connectivity index (χ3n) is 3.46. The van der Waals surface area contributed by atoms with E-state index < -0.39 is 0 Å². The molecule has 1 amide bonds. The van der Waals surface area contributed by atoms with Crippen LogP contribution in [0.4, 0.5) is 0 Å². The van der Waals surface area contributed by atoms with Gasteiger partial charge in [-0.15, -0.1) is 0 Å². The molecule has 0 atom stereocenters. The second-order valence-electron chi connectivity index (χ2n) is 5.30. The molecule has 22 heavy (non-hydrogen) atoms. The monoisotopic (exact) mass is 301 g/mol. The van der Waals surface area contributed by atoms with Crippen molar-refractivity contribution in [3.05, 3.63) is 42.2 Å². The Kier molecular flexibility index (Phi) is 6.15. The molecule has 1 heterocycles. The van der Waals surface area contributed by atoms with Crippen LogP contribution >= 0.6 is 0 Å². The van der Waals surface area contributed by atoms with Crippen molar-refractivity contribution in [1.82, 2.24) is 15.1 Å². The zero-order valence-corrected chi connectivity index (χ0v) is 13.2. The molecule has 1 N–H and O–H groups in total. The van der Waals surface area contributed by atoms with E-state index in [-0.39, 0.29) is 5.91 Å². The van der Waals surface area contributed by atoms with Gasteiger partial charge in [-0.05, 0) is 24.0 Å². The average Bonchev–Trinajstić information content (AvgIpc) is 2.96. The second kappa shape index (κ2) is 8.34. The number of hydrogen-bond acceptors (Lipinski definition) is 3. The minimum absolute atomic E-state index is 0.0472. The van der Waals surface area contributed by atoms with E-state index in [1.165, 1.54) is 11.1 Å². The summed E-state index contributed by atoms with van der Waals surface area (Å²) < 4.78 is 6.68.